The van der Waals surface area contributed by atoms with Gasteiger partial charge in [-0.15, -0.1) is 0 Å². The highest BCUT2D eigenvalue weighted by Gasteiger charge is 2.24. The Bertz CT molecular complexity index is 1050. The monoisotopic (exact) mass is 451 g/mol. The molecule has 0 radical (unpaired) electrons. The second kappa shape index (κ2) is 11.0. The third-order valence-corrected chi connectivity index (χ3v) is 5.48. The van der Waals surface area contributed by atoms with Crippen molar-refractivity contribution in [3.05, 3.63) is 94.8 Å². The Labute approximate surface area is 195 Å². The van der Waals surface area contributed by atoms with Gasteiger partial charge in [0.05, 0.1) is 6.54 Å². The van der Waals surface area contributed by atoms with Crippen molar-refractivity contribution in [2.45, 2.75) is 26.9 Å². The minimum absolute atomic E-state index is 0.0147. The molecule has 0 bridgehead atoms. The number of halogens is 1. The van der Waals surface area contributed by atoms with Gasteiger partial charge in [-0.25, -0.2) is 0 Å². The summed E-state index contributed by atoms with van der Waals surface area (Å²) in [5.74, 6) is -0.0551. The molecule has 1 aromatic heterocycles. The number of rotatable bonds is 9. The highest BCUT2D eigenvalue weighted by molar-refractivity contribution is 6.31. The number of amides is 2. The molecule has 6 heteroatoms. The number of hydrogen-bond donors (Lipinski definition) is 0. The fourth-order valence-electron chi connectivity index (χ4n) is 3.62. The topological polar surface area (TPSA) is 45.6 Å². The zero-order chi connectivity index (χ0) is 23.1. The number of carbonyl (C=O) groups is 2. The van der Waals surface area contributed by atoms with E-state index < -0.39 is 0 Å². The maximum atomic E-state index is 13.5. The summed E-state index contributed by atoms with van der Waals surface area (Å²) in [4.78, 5) is 30.1. The molecule has 2 aromatic carbocycles. The predicted octanol–water partition coefficient (Wildman–Crippen LogP) is 5.01. The van der Waals surface area contributed by atoms with Crippen LogP contribution in [-0.4, -0.2) is 39.3 Å². The molecular weight excluding hydrogens is 422 g/mol. The maximum absolute atomic E-state index is 13.5. The summed E-state index contributed by atoms with van der Waals surface area (Å²) in [7, 11) is 1.97. The minimum Gasteiger partial charge on any atom is -0.353 e. The van der Waals surface area contributed by atoms with Gasteiger partial charge in [0.1, 0.15) is 6.54 Å². The van der Waals surface area contributed by atoms with Crippen LogP contribution in [0.4, 0.5) is 0 Å². The lowest BCUT2D eigenvalue weighted by Gasteiger charge is -2.29. The Morgan fingerprint density at radius 2 is 1.69 bits per heavy atom. The van der Waals surface area contributed by atoms with Gasteiger partial charge in [-0.05, 0) is 41.8 Å². The van der Waals surface area contributed by atoms with E-state index in [0.717, 1.165) is 11.3 Å². The second-order valence-corrected chi connectivity index (χ2v) is 8.87. The molecular formula is C26H30ClN3O2. The Kier molecular flexibility index (Phi) is 8.12. The highest BCUT2D eigenvalue weighted by atomic mass is 35.5. The van der Waals surface area contributed by atoms with Crippen LogP contribution < -0.4 is 0 Å². The van der Waals surface area contributed by atoms with E-state index in [4.69, 9.17) is 11.6 Å². The molecule has 0 saturated carbocycles. The lowest BCUT2D eigenvalue weighted by molar-refractivity contribution is -0.133. The molecule has 0 spiro atoms. The first kappa shape index (κ1) is 23.6. The van der Waals surface area contributed by atoms with Crippen LogP contribution >= 0.6 is 11.6 Å². The van der Waals surface area contributed by atoms with E-state index in [-0.39, 0.29) is 24.3 Å². The number of aryl methyl sites for hydroxylation is 1. The summed E-state index contributed by atoms with van der Waals surface area (Å²) >= 11 is 6.09. The van der Waals surface area contributed by atoms with Gasteiger partial charge in [0, 0.05) is 42.6 Å². The summed E-state index contributed by atoms with van der Waals surface area (Å²) in [5, 5.41) is 0.501. The molecule has 3 rings (SSSR count). The van der Waals surface area contributed by atoms with Crippen molar-refractivity contribution in [3.63, 3.8) is 0 Å². The van der Waals surface area contributed by atoms with Crippen LogP contribution in [0.15, 0.2) is 72.9 Å². The molecule has 3 aromatic rings. The van der Waals surface area contributed by atoms with Crippen molar-refractivity contribution in [2.24, 2.45) is 13.0 Å². The fourth-order valence-corrected chi connectivity index (χ4v) is 3.81. The van der Waals surface area contributed by atoms with E-state index in [1.54, 1.807) is 29.2 Å². The molecule has 0 aliphatic carbocycles. The Morgan fingerprint density at radius 3 is 2.31 bits per heavy atom. The van der Waals surface area contributed by atoms with Crippen molar-refractivity contribution in [1.29, 1.82) is 0 Å². The van der Waals surface area contributed by atoms with Crippen molar-refractivity contribution in [3.8, 4) is 0 Å². The molecule has 0 atom stereocenters. The first-order chi connectivity index (χ1) is 15.3. The van der Waals surface area contributed by atoms with Gasteiger partial charge in [0.2, 0.25) is 5.91 Å². The summed E-state index contributed by atoms with van der Waals surface area (Å²) in [5.41, 5.74) is 2.57. The van der Waals surface area contributed by atoms with Crippen LogP contribution in [0.1, 0.15) is 35.5 Å². The van der Waals surface area contributed by atoms with E-state index in [2.05, 4.69) is 0 Å². The summed E-state index contributed by atoms with van der Waals surface area (Å²) in [6.45, 7) is 5.52. The van der Waals surface area contributed by atoms with Crippen molar-refractivity contribution in [2.75, 3.05) is 13.1 Å². The summed E-state index contributed by atoms with van der Waals surface area (Å²) in [6.07, 6.45) is 1.97. The molecule has 1 heterocycles. The van der Waals surface area contributed by atoms with Crippen LogP contribution in [0.3, 0.4) is 0 Å². The molecule has 168 valence electrons. The lowest BCUT2D eigenvalue weighted by Crippen LogP contribution is -2.44. The maximum Gasteiger partial charge on any atom is 0.254 e. The molecule has 0 fully saturated rings. The Hall–Kier alpha value is -3.05. The largest absolute Gasteiger partial charge is 0.353 e. The average Bonchev–Trinajstić information content (AvgIpc) is 3.17. The minimum atomic E-state index is -0.187. The summed E-state index contributed by atoms with van der Waals surface area (Å²) in [6, 6.07) is 20.7. The van der Waals surface area contributed by atoms with Crippen LogP contribution in [0.25, 0.3) is 0 Å². The first-order valence-electron chi connectivity index (χ1n) is 10.8. The molecule has 0 saturated heterocycles. The Balaban J connectivity index is 1.83. The number of hydrogen-bond acceptors (Lipinski definition) is 2. The fraction of sp³-hybridized carbons (Fsp3) is 0.308. The van der Waals surface area contributed by atoms with Gasteiger partial charge in [-0.2, -0.15) is 0 Å². The zero-order valence-electron chi connectivity index (χ0n) is 18.9. The van der Waals surface area contributed by atoms with E-state index in [1.807, 2.05) is 79.0 Å². The predicted molar refractivity (Wildman–Crippen MR) is 128 cm³/mol. The van der Waals surface area contributed by atoms with Gasteiger partial charge in [0.15, 0.2) is 0 Å². The molecule has 0 unspecified atom stereocenters. The molecule has 32 heavy (non-hydrogen) atoms. The average molecular weight is 452 g/mol. The van der Waals surface area contributed by atoms with Gasteiger partial charge < -0.3 is 14.4 Å². The van der Waals surface area contributed by atoms with Crippen molar-refractivity contribution >= 4 is 23.4 Å². The van der Waals surface area contributed by atoms with E-state index in [1.165, 1.54) is 0 Å². The third kappa shape index (κ3) is 6.47. The van der Waals surface area contributed by atoms with E-state index in [9.17, 15) is 9.59 Å². The number of benzene rings is 2. The molecule has 0 aliphatic heterocycles. The van der Waals surface area contributed by atoms with Crippen LogP contribution in [0.5, 0.6) is 0 Å². The van der Waals surface area contributed by atoms with Crippen LogP contribution in [-0.2, 0) is 24.9 Å². The molecule has 0 N–H and O–H groups in total. The zero-order valence-corrected chi connectivity index (χ0v) is 19.6. The second-order valence-electron chi connectivity index (χ2n) is 8.44. The standard InChI is InChI=1S/C26H30ClN3O2/c1-20(2)16-30(26(32)22-11-7-12-23(27)15-22)19-25(31)29(17-21-9-5-4-6-10-21)18-24-13-8-14-28(24)3/h4-15,20H,16-19H2,1-3H3. The number of carbonyl (C=O) groups excluding carboxylic acids is 2. The normalized spacial score (nSPS) is 10.9. The summed E-state index contributed by atoms with van der Waals surface area (Å²) < 4.78 is 2.01. The first-order valence-corrected chi connectivity index (χ1v) is 11.2. The van der Waals surface area contributed by atoms with E-state index in [0.29, 0.717) is 30.2 Å². The molecule has 5 nitrogen and oxygen atoms in total. The molecule has 0 aliphatic rings. The number of nitrogens with zero attached hydrogens (tertiary/aromatic N) is 3. The van der Waals surface area contributed by atoms with Gasteiger partial charge in [-0.1, -0.05) is 61.8 Å². The number of aromatic nitrogens is 1. The Morgan fingerprint density at radius 1 is 0.938 bits per heavy atom. The van der Waals surface area contributed by atoms with Gasteiger partial charge in [0.25, 0.3) is 5.91 Å². The van der Waals surface area contributed by atoms with Crippen molar-refractivity contribution in [1.82, 2.24) is 14.4 Å². The lowest BCUT2D eigenvalue weighted by atomic mass is 10.1. The molecule has 2 amide bonds. The van der Waals surface area contributed by atoms with Gasteiger partial charge in [-0.3, -0.25) is 9.59 Å². The quantitative estimate of drug-likeness (QED) is 0.459. The van der Waals surface area contributed by atoms with E-state index >= 15 is 0 Å². The van der Waals surface area contributed by atoms with Crippen LogP contribution in [0, 0.1) is 5.92 Å². The van der Waals surface area contributed by atoms with Gasteiger partial charge >= 0.3 is 0 Å². The highest BCUT2D eigenvalue weighted by Crippen LogP contribution is 2.16. The van der Waals surface area contributed by atoms with Crippen LogP contribution in [0.2, 0.25) is 5.02 Å². The SMILES string of the molecule is CC(C)CN(CC(=O)N(Cc1ccccc1)Cc1cccn1C)C(=O)c1cccc(Cl)c1. The van der Waals surface area contributed by atoms with Crippen molar-refractivity contribution < 1.29 is 9.59 Å². The third-order valence-electron chi connectivity index (χ3n) is 5.24. The smallest absolute Gasteiger partial charge is 0.254 e.